The van der Waals surface area contributed by atoms with Crippen LogP contribution in [0.15, 0.2) is 35.7 Å². The van der Waals surface area contributed by atoms with Crippen LogP contribution in [0.1, 0.15) is 25.3 Å². The lowest BCUT2D eigenvalue weighted by atomic mass is 9.98. The van der Waals surface area contributed by atoms with E-state index in [4.69, 9.17) is 9.72 Å². The number of thiophene rings is 1. The largest absolute Gasteiger partial charge is 0.466 e. The van der Waals surface area contributed by atoms with Crippen molar-refractivity contribution in [2.45, 2.75) is 26.7 Å². The van der Waals surface area contributed by atoms with Crippen LogP contribution in [0.25, 0.3) is 27.3 Å². The first-order valence-corrected chi connectivity index (χ1v) is 11.1. The Morgan fingerprint density at radius 1 is 1.30 bits per heavy atom. The molecule has 30 heavy (non-hydrogen) atoms. The highest BCUT2D eigenvalue weighted by Gasteiger charge is 2.30. The number of aryl methyl sites for hydroxylation is 1. The van der Waals surface area contributed by atoms with E-state index in [9.17, 15) is 4.79 Å². The maximum atomic E-state index is 12.4. The number of hydrogen-bond donors (Lipinski definition) is 0. The number of fused-ring (bicyclic) bond motifs is 3. The van der Waals surface area contributed by atoms with E-state index in [-0.39, 0.29) is 11.9 Å². The Kier molecular flexibility index (Phi) is 4.86. The second-order valence-electron chi connectivity index (χ2n) is 7.63. The molecule has 0 amide bonds. The topological polar surface area (TPSA) is 72.6 Å². The summed E-state index contributed by atoms with van der Waals surface area (Å²) in [6, 6.07) is 10.2. The maximum absolute atomic E-state index is 12.4. The highest BCUT2D eigenvalue weighted by atomic mass is 32.1. The molecular formula is C22H23N5O2S. The number of hydrogen-bond acceptors (Lipinski definition) is 7. The van der Waals surface area contributed by atoms with Crippen molar-refractivity contribution in [3.8, 4) is 10.7 Å². The smallest absolute Gasteiger partial charge is 0.310 e. The van der Waals surface area contributed by atoms with E-state index >= 15 is 0 Å². The van der Waals surface area contributed by atoms with E-state index < -0.39 is 0 Å². The number of nitrogens with zero attached hydrogens (tertiary/aromatic N) is 5. The minimum atomic E-state index is -0.147. The van der Waals surface area contributed by atoms with Crippen molar-refractivity contribution in [2.75, 3.05) is 24.6 Å². The van der Waals surface area contributed by atoms with Gasteiger partial charge in [0, 0.05) is 18.5 Å². The summed E-state index contributed by atoms with van der Waals surface area (Å²) < 4.78 is 7.33. The van der Waals surface area contributed by atoms with Gasteiger partial charge in [-0.1, -0.05) is 17.7 Å². The van der Waals surface area contributed by atoms with Crippen LogP contribution in [0.5, 0.6) is 0 Å². The number of ether oxygens (including phenoxy) is 1. The van der Waals surface area contributed by atoms with Crippen molar-refractivity contribution in [2.24, 2.45) is 5.92 Å². The van der Waals surface area contributed by atoms with Gasteiger partial charge in [0.15, 0.2) is 11.5 Å². The lowest BCUT2D eigenvalue weighted by Gasteiger charge is -2.32. The molecule has 8 heteroatoms. The van der Waals surface area contributed by atoms with Crippen molar-refractivity contribution in [1.29, 1.82) is 0 Å². The fraction of sp³-hybridized carbons (Fsp3) is 0.364. The van der Waals surface area contributed by atoms with Gasteiger partial charge in [-0.05, 0) is 50.3 Å². The van der Waals surface area contributed by atoms with Gasteiger partial charge in [-0.2, -0.15) is 0 Å². The standard InChI is InChI=1S/C22H23N5O2S/c1-3-29-21(28)15-6-4-10-26(13-15)22-23-17-9-8-14(2)12-16(17)19-24-25-20(27(19)22)18-7-5-11-30-18/h5,7-9,11-12,15H,3-4,6,10,13H2,1-2H3/t15-/m0/s1. The SMILES string of the molecule is CCOC(=O)[C@H]1CCCN(c2nc3ccc(C)cc3c3nnc(-c4cccs4)n23)C1. The minimum absolute atomic E-state index is 0.128. The molecule has 0 aliphatic carbocycles. The zero-order valence-electron chi connectivity index (χ0n) is 17.0. The average Bonchev–Trinajstić information content (AvgIpc) is 3.43. The van der Waals surface area contributed by atoms with E-state index in [1.54, 1.807) is 11.3 Å². The molecule has 0 spiro atoms. The number of benzene rings is 1. The van der Waals surface area contributed by atoms with Crippen LogP contribution in [-0.2, 0) is 9.53 Å². The molecule has 0 radical (unpaired) electrons. The number of rotatable bonds is 4. The van der Waals surface area contributed by atoms with Crippen molar-refractivity contribution >= 4 is 39.8 Å². The van der Waals surface area contributed by atoms with Gasteiger partial charge < -0.3 is 9.64 Å². The highest BCUT2D eigenvalue weighted by molar-refractivity contribution is 7.13. The summed E-state index contributed by atoms with van der Waals surface area (Å²) in [5, 5.41) is 12.1. The van der Waals surface area contributed by atoms with Crippen LogP contribution in [0, 0.1) is 12.8 Å². The molecule has 1 fully saturated rings. The fourth-order valence-electron chi connectivity index (χ4n) is 4.12. The lowest BCUT2D eigenvalue weighted by molar-refractivity contribution is -0.148. The molecule has 1 aliphatic rings. The van der Waals surface area contributed by atoms with Crippen LogP contribution >= 0.6 is 11.3 Å². The third-order valence-electron chi connectivity index (χ3n) is 5.54. The third-order valence-corrected chi connectivity index (χ3v) is 6.41. The Labute approximate surface area is 178 Å². The number of aromatic nitrogens is 4. The first-order chi connectivity index (χ1) is 14.7. The number of piperidine rings is 1. The molecule has 154 valence electrons. The summed E-state index contributed by atoms with van der Waals surface area (Å²) in [6.07, 6.45) is 1.75. The van der Waals surface area contributed by atoms with Gasteiger partial charge in [0.05, 0.1) is 22.9 Å². The Bertz CT molecular complexity index is 1220. The predicted octanol–water partition coefficient (Wildman–Crippen LogP) is 4.09. The second kappa shape index (κ2) is 7.68. The van der Waals surface area contributed by atoms with Gasteiger partial charge in [0.2, 0.25) is 5.95 Å². The molecule has 0 bridgehead atoms. The molecule has 4 heterocycles. The number of anilines is 1. The summed E-state index contributed by atoms with van der Waals surface area (Å²) in [6.45, 7) is 5.73. The first kappa shape index (κ1) is 19.0. The molecule has 4 aromatic rings. The Hall–Kier alpha value is -3.00. The first-order valence-electron chi connectivity index (χ1n) is 10.3. The molecule has 0 unspecified atom stereocenters. The molecule has 5 rings (SSSR count). The van der Waals surface area contributed by atoms with Crippen LogP contribution in [0.3, 0.4) is 0 Å². The van der Waals surface area contributed by atoms with Crippen LogP contribution in [-0.4, -0.2) is 45.2 Å². The Balaban J connectivity index is 1.69. The fourth-order valence-corrected chi connectivity index (χ4v) is 4.82. The zero-order valence-corrected chi connectivity index (χ0v) is 17.9. The van der Waals surface area contributed by atoms with Gasteiger partial charge >= 0.3 is 5.97 Å². The van der Waals surface area contributed by atoms with E-state index in [0.29, 0.717) is 13.2 Å². The van der Waals surface area contributed by atoms with Crippen molar-refractivity contribution in [1.82, 2.24) is 19.6 Å². The normalized spacial score (nSPS) is 17.0. The maximum Gasteiger partial charge on any atom is 0.310 e. The lowest BCUT2D eigenvalue weighted by Crippen LogP contribution is -2.40. The summed E-state index contributed by atoms with van der Waals surface area (Å²) in [5.74, 6) is 1.29. The van der Waals surface area contributed by atoms with Crippen LogP contribution < -0.4 is 4.90 Å². The van der Waals surface area contributed by atoms with E-state index in [0.717, 1.165) is 58.1 Å². The summed E-state index contributed by atoms with van der Waals surface area (Å²) in [4.78, 5) is 20.6. The molecule has 0 N–H and O–H groups in total. The van der Waals surface area contributed by atoms with E-state index in [2.05, 4.69) is 34.2 Å². The highest BCUT2D eigenvalue weighted by Crippen LogP contribution is 2.32. The van der Waals surface area contributed by atoms with Gasteiger partial charge in [-0.3, -0.25) is 4.79 Å². The summed E-state index contributed by atoms with van der Waals surface area (Å²) in [5.41, 5.74) is 2.83. The Morgan fingerprint density at radius 3 is 3.00 bits per heavy atom. The molecule has 1 aliphatic heterocycles. The molecule has 3 aromatic heterocycles. The average molecular weight is 422 g/mol. The third kappa shape index (κ3) is 3.21. The predicted molar refractivity (Wildman–Crippen MR) is 118 cm³/mol. The van der Waals surface area contributed by atoms with Crippen molar-refractivity contribution in [3.05, 3.63) is 41.3 Å². The van der Waals surface area contributed by atoms with Gasteiger partial charge in [0.25, 0.3) is 0 Å². The number of carbonyl (C=O) groups is 1. The zero-order chi connectivity index (χ0) is 20.7. The van der Waals surface area contributed by atoms with E-state index in [1.807, 2.05) is 34.9 Å². The molecule has 7 nitrogen and oxygen atoms in total. The summed E-state index contributed by atoms with van der Waals surface area (Å²) >= 11 is 1.63. The molecule has 1 atom stereocenters. The number of esters is 1. The van der Waals surface area contributed by atoms with Crippen LogP contribution in [0.2, 0.25) is 0 Å². The monoisotopic (exact) mass is 421 g/mol. The van der Waals surface area contributed by atoms with Crippen LogP contribution in [0.4, 0.5) is 5.95 Å². The van der Waals surface area contributed by atoms with Gasteiger partial charge in [-0.15, -0.1) is 21.5 Å². The van der Waals surface area contributed by atoms with E-state index in [1.165, 1.54) is 0 Å². The molecule has 1 aromatic carbocycles. The van der Waals surface area contributed by atoms with Gasteiger partial charge in [-0.25, -0.2) is 9.38 Å². The summed E-state index contributed by atoms with van der Waals surface area (Å²) in [7, 11) is 0. The quantitative estimate of drug-likeness (QED) is 0.462. The molecule has 0 saturated carbocycles. The molecular weight excluding hydrogens is 398 g/mol. The second-order valence-corrected chi connectivity index (χ2v) is 8.58. The Morgan fingerprint density at radius 2 is 2.20 bits per heavy atom. The van der Waals surface area contributed by atoms with Crippen molar-refractivity contribution < 1.29 is 9.53 Å². The van der Waals surface area contributed by atoms with Gasteiger partial charge in [0.1, 0.15) is 0 Å². The number of carbonyl (C=O) groups excluding carboxylic acids is 1. The molecule has 1 saturated heterocycles. The van der Waals surface area contributed by atoms with Crippen molar-refractivity contribution in [3.63, 3.8) is 0 Å². The minimum Gasteiger partial charge on any atom is -0.466 e.